The van der Waals surface area contributed by atoms with Crippen LogP contribution in [0.2, 0.25) is 0 Å². The molecule has 0 spiro atoms. The van der Waals surface area contributed by atoms with Gasteiger partial charge in [-0.2, -0.15) is 0 Å². The van der Waals surface area contributed by atoms with E-state index in [4.69, 9.17) is 5.73 Å². The van der Waals surface area contributed by atoms with Gasteiger partial charge in [0.15, 0.2) is 0 Å². The molecule has 0 bridgehead atoms. The minimum absolute atomic E-state index is 0.231. The molecular formula is C21H40N4O5. The molecule has 0 heterocycles. The van der Waals surface area contributed by atoms with Crippen molar-refractivity contribution in [1.82, 2.24) is 16.0 Å². The van der Waals surface area contributed by atoms with E-state index in [0.29, 0.717) is 6.42 Å². The fourth-order valence-electron chi connectivity index (χ4n) is 2.94. The van der Waals surface area contributed by atoms with Crippen molar-refractivity contribution in [3.8, 4) is 0 Å². The van der Waals surface area contributed by atoms with Crippen LogP contribution < -0.4 is 21.7 Å². The second-order valence-corrected chi connectivity index (χ2v) is 9.27. The summed E-state index contributed by atoms with van der Waals surface area (Å²) in [5, 5.41) is 17.1. The maximum atomic E-state index is 12.9. The molecule has 0 aromatic rings. The van der Waals surface area contributed by atoms with Gasteiger partial charge in [-0.15, -0.1) is 0 Å². The van der Waals surface area contributed by atoms with Crippen LogP contribution >= 0.6 is 0 Å². The number of carbonyl (C=O) groups is 4. The summed E-state index contributed by atoms with van der Waals surface area (Å²) in [5.74, 6) is -3.27. The molecule has 0 radical (unpaired) electrons. The van der Waals surface area contributed by atoms with Crippen LogP contribution in [0.1, 0.15) is 61.8 Å². The van der Waals surface area contributed by atoms with Gasteiger partial charge >= 0.3 is 5.97 Å². The van der Waals surface area contributed by atoms with E-state index in [9.17, 15) is 24.3 Å². The molecule has 0 aromatic carbocycles. The van der Waals surface area contributed by atoms with E-state index in [2.05, 4.69) is 16.0 Å². The van der Waals surface area contributed by atoms with Crippen LogP contribution in [0, 0.1) is 23.7 Å². The molecule has 9 nitrogen and oxygen atoms in total. The van der Waals surface area contributed by atoms with Gasteiger partial charge < -0.3 is 26.8 Å². The van der Waals surface area contributed by atoms with Crippen molar-refractivity contribution in [2.75, 3.05) is 0 Å². The number of nitrogens with two attached hydrogens (primary N) is 1. The average Bonchev–Trinajstić information content (AvgIpc) is 2.59. The van der Waals surface area contributed by atoms with Gasteiger partial charge in [-0.05, 0) is 30.1 Å². The predicted molar refractivity (Wildman–Crippen MR) is 115 cm³/mol. The number of nitrogens with one attached hydrogen (secondary N) is 3. The smallest absolute Gasteiger partial charge is 0.326 e. The highest BCUT2D eigenvalue weighted by Crippen LogP contribution is 2.10. The minimum atomic E-state index is -1.14. The zero-order valence-electron chi connectivity index (χ0n) is 19.5. The molecule has 0 saturated heterocycles. The lowest BCUT2D eigenvalue weighted by Crippen LogP contribution is -2.60. The molecule has 0 aliphatic heterocycles. The standard InChI is InChI=1S/C21H40N4O5/c1-10(2)9-14(22)18(26)23-15(11(3)4)19(27)24-16(12(5)6)20(28)25-17(13(7)8)21(29)30/h10-17H,9,22H2,1-8H3,(H,23,26)(H,24,27)(H,25,28)(H,29,30). The average molecular weight is 429 g/mol. The second kappa shape index (κ2) is 12.5. The predicted octanol–water partition coefficient (Wildman–Crippen LogP) is 0.867. The van der Waals surface area contributed by atoms with Crippen LogP contribution in [-0.2, 0) is 19.2 Å². The highest BCUT2D eigenvalue weighted by Gasteiger charge is 2.33. The first-order valence-corrected chi connectivity index (χ1v) is 10.6. The largest absolute Gasteiger partial charge is 0.480 e. The Balaban J connectivity index is 5.34. The lowest BCUT2D eigenvalue weighted by Gasteiger charge is -2.29. The summed E-state index contributed by atoms with van der Waals surface area (Å²) < 4.78 is 0. The van der Waals surface area contributed by atoms with Crippen molar-refractivity contribution < 1.29 is 24.3 Å². The normalized spacial score (nSPS) is 15.6. The highest BCUT2D eigenvalue weighted by atomic mass is 16.4. The molecule has 30 heavy (non-hydrogen) atoms. The lowest BCUT2D eigenvalue weighted by molar-refractivity contribution is -0.144. The molecule has 0 fully saturated rings. The molecule has 4 unspecified atom stereocenters. The van der Waals surface area contributed by atoms with Crippen molar-refractivity contribution in [3.05, 3.63) is 0 Å². The van der Waals surface area contributed by atoms with Crippen LogP contribution in [0.25, 0.3) is 0 Å². The molecule has 6 N–H and O–H groups in total. The maximum absolute atomic E-state index is 12.9. The van der Waals surface area contributed by atoms with Gasteiger partial charge in [0, 0.05) is 0 Å². The van der Waals surface area contributed by atoms with E-state index < -0.39 is 47.9 Å². The summed E-state index contributed by atoms with van der Waals surface area (Å²) in [4.78, 5) is 49.3. The van der Waals surface area contributed by atoms with Gasteiger partial charge in [0.05, 0.1) is 6.04 Å². The van der Waals surface area contributed by atoms with Gasteiger partial charge in [-0.3, -0.25) is 14.4 Å². The minimum Gasteiger partial charge on any atom is -0.480 e. The van der Waals surface area contributed by atoms with Crippen LogP contribution in [-0.4, -0.2) is 53.0 Å². The van der Waals surface area contributed by atoms with E-state index in [1.54, 1.807) is 41.5 Å². The Morgan fingerprint density at radius 1 is 0.667 bits per heavy atom. The summed E-state index contributed by atoms with van der Waals surface area (Å²) >= 11 is 0. The van der Waals surface area contributed by atoms with Crippen LogP contribution in [0.3, 0.4) is 0 Å². The number of carbonyl (C=O) groups excluding carboxylic acids is 3. The van der Waals surface area contributed by atoms with E-state index in [0.717, 1.165) is 0 Å². The molecule has 174 valence electrons. The van der Waals surface area contributed by atoms with Crippen molar-refractivity contribution in [2.45, 2.75) is 86.0 Å². The fraction of sp³-hybridized carbons (Fsp3) is 0.810. The Kier molecular flexibility index (Phi) is 11.6. The zero-order valence-corrected chi connectivity index (χ0v) is 19.5. The SMILES string of the molecule is CC(C)CC(N)C(=O)NC(C(=O)NC(C(=O)NC(C(=O)O)C(C)C)C(C)C)C(C)C. The van der Waals surface area contributed by atoms with Crippen LogP contribution in [0.4, 0.5) is 0 Å². The fourth-order valence-corrected chi connectivity index (χ4v) is 2.94. The number of rotatable bonds is 12. The first-order valence-electron chi connectivity index (χ1n) is 10.6. The monoisotopic (exact) mass is 428 g/mol. The van der Waals surface area contributed by atoms with Crippen LogP contribution in [0.5, 0.6) is 0 Å². The molecule has 0 saturated carbocycles. The number of amides is 3. The van der Waals surface area contributed by atoms with Crippen molar-refractivity contribution in [2.24, 2.45) is 29.4 Å². The van der Waals surface area contributed by atoms with Gasteiger partial charge in [0.2, 0.25) is 17.7 Å². The molecule has 0 aromatic heterocycles. The number of aliphatic carboxylic acids is 1. The van der Waals surface area contributed by atoms with Gasteiger partial charge in [-0.25, -0.2) is 4.79 Å². The van der Waals surface area contributed by atoms with E-state index >= 15 is 0 Å². The summed E-state index contributed by atoms with van der Waals surface area (Å²) in [6, 6.07) is -3.61. The van der Waals surface area contributed by atoms with E-state index in [1.807, 2.05) is 13.8 Å². The first kappa shape index (κ1) is 27.8. The number of carboxylic acid groups (broad SMARTS) is 1. The topological polar surface area (TPSA) is 151 Å². The molecule has 9 heteroatoms. The quantitative estimate of drug-likeness (QED) is 0.311. The van der Waals surface area contributed by atoms with Gasteiger partial charge in [0.1, 0.15) is 18.1 Å². The third kappa shape index (κ3) is 9.11. The van der Waals surface area contributed by atoms with Crippen molar-refractivity contribution in [3.63, 3.8) is 0 Å². The molecule has 0 rings (SSSR count). The lowest BCUT2D eigenvalue weighted by atomic mass is 9.97. The maximum Gasteiger partial charge on any atom is 0.326 e. The Morgan fingerprint density at radius 2 is 1.00 bits per heavy atom. The number of hydrogen-bond acceptors (Lipinski definition) is 5. The Labute approximate surface area is 179 Å². The third-order valence-corrected chi connectivity index (χ3v) is 4.79. The van der Waals surface area contributed by atoms with E-state index in [1.165, 1.54) is 0 Å². The zero-order chi connectivity index (χ0) is 23.8. The molecule has 4 atom stereocenters. The molecule has 3 amide bonds. The Bertz CT molecular complexity index is 604. The number of hydrogen-bond donors (Lipinski definition) is 5. The Hall–Kier alpha value is -2.16. The van der Waals surface area contributed by atoms with E-state index in [-0.39, 0.29) is 23.7 Å². The third-order valence-electron chi connectivity index (χ3n) is 4.79. The van der Waals surface area contributed by atoms with Crippen molar-refractivity contribution >= 4 is 23.7 Å². The second-order valence-electron chi connectivity index (χ2n) is 9.27. The summed E-state index contributed by atoms with van der Waals surface area (Å²) in [7, 11) is 0. The molecule has 0 aliphatic carbocycles. The summed E-state index contributed by atoms with van der Waals surface area (Å²) in [6.45, 7) is 14.3. The van der Waals surface area contributed by atoms with Gasteiger partial charge in [0.25, 0.3) is 0 Å². The Morgan fingerprint density at radius 3 is 1.30 bits per heavy atom. The van der Waals surface area contributed by atoms with Gasteiger partial charge in [-0.1, -0.05) is 55.4 Å². The van der Waals surface area contributed by atoms with Crippen LogP contribution in [0.15, 0.2) is 0 Å². The highest BCUT2D eigenvalue weighted by molar-refractivity contribution is 5.94. The summed E-state index contributed by atoms with van der Waals surface area (Å²) in [6.07, 6.45) is 0.487. The first-order chi connectivity index (χ1) is 13.7. The van der Waals surface area contributed by atoms with Crippen molar-refractivity contribution in [1.29, 1.82) is 0 Å². The number of carboxylic acids is 1. The summed E-state index contributed by atoms with van der Waals surface area (Å²) in [5.41, 5.74) is 5.91. The molecular weight excluding hydrogens is 388 g/mol. The molecule has 0 aliphatic rings.